The van der Waals surface area contributed by atoms with E-state index in [1.165, 1.54) is 18.4 Å². The van der Waals surface area contributed by atoms with Crippen LogP contribution in [0.4, 0.5) is 0 Å². The molecule has 1 fully saturated rings. The van der Waals surface area contributed by atoms with Gasteiger partial charge >= 0.3 is 0 Å². The highest BCUT2D eigenvalue weighted by Gasteiger charge is 2.51. The predicted octanol–water partition coefficient (Wildman–Crippen LogP) is 4.97. The summed E-state index contributed by atoms with van der Waals surface area (Å²) in [6.07, 6.45) is 26.0. The van der Waals surface area contributed by atoms with E-state index in [1.807, 2.05) is 0 Å². The fraction of sp³-hybridized carbons (Fsp3) is 0.333. The molecule has 0 nitrogen and oxygen atoms in total. The summed E-state index contributed by atoms with van der Waals surface area (Å²) in [6.45, 7) is 0. The Labute approximate surface area is 137 Å². The van der Waals surface area contributed by atoms with Crippen molar-refractivity contribution in [2.75, 3.05) is 5.75 Å². The SMILES string of the molecule is SCC1=CC2CCC3=C4C=CC=CC45C=CC=CC5C(=C1)C32. The molecule has 0 aromatic rings. The van der Waals surface area contributed by atoms with Crippen LogP contribution < -0.4 is 0 Å². The molecule has 1 saturated carbocycles. The molecule has 0 saturated heterocycles. The number of hydrogen-bond acceptors (Lipinski definition) is 1. The minimum Gasteiger partial charge on any atom is -0.175 e. The molecule has 0 amide bonds. The van der Waals surface area contributed by atoms with Crippen molar-refractivity contribution in [1.29, 1.82) is 0 Å². The van der Waals surface area contributed by atoms with Gasteiger partial charge in [-0.3, -0.25) is 0 Å². The van der Waals surface area contributed by atoms with Crippen molar-refractivity contribution in [3.8, 4) is 0 Å². The summed E-state index contributed by atoms with van der Waals surface area (Å²) < 4.78 is 0. The molecule has 5 rings (SSSR count). The highest BCUT2D eigenvalue weighted by molar-refractivity contribution is 7.80. The number of thiol groups is 1. The monoisotopic (exact) mass is 304 g/mol. The molecule has 0 heterocycles. The Bertz CT molecular complexity index is 743. The lowest BCUT2D eigenvalue weighted by atomic mass is 9.54. The molecule has 1 spiro atoms. The predicted molar refractivity (Wildman–Crippen MR) is 95.7 cm³/mol. The van der Waals surface area contributed by atoms with E-state index in [4.69, 9.17) is 0 Å². The van der Waals surface area contributed by atoms with Crippen LogP contribution in [0.25, 0.3) is 0 Å². The number of hydrogen-bond donors (Lipinski definition) is 1. The van der Waals surface area contributed by atoms with Gasteiger partial charge in [0.1, 0.15) is 0 Å². The molecule has 4 atom stereocenters. The molecule has 0 aromatic carbocycles. The summed E-state index contributed by atoms with van der Waals surface area (Å²) in [5, 5.41) is 0. The van der Waals surface area contributed by atoms with Crippen LogP contribution in [-0.4, -0.2) is 5.75 Å². The molecule has 4 unspecified atom stereocenters. The summed E-state index contributed by atoms with van der Waals surface area (Å²) in [4.78, 5) is 0. The largest absolute Gasteiger partial charge is 0.175 e. The minimum atomic E-state index is 0.0646. The van der Waals surface area contributed by atoms with E-state index in [-0.39, 0.29) is 5.41 Å². The number of fused-ring (bicyclic) bond motifs is 1. The lowest BCUT2D eigenvalue weighted by Crippen LogP contribution is -2.39. The van der Waals surface area contributed by atoms with Crippen molar-refractivity contribution in [1.82, 2.24) is 0 Å². The third-order valence-electron chi connectivity index (χ3n) is 6.09. The second kappa shape index (κ2) is 4.52. The van der Waals surface area contributed by atoms with E-state index in [1.54, 1.807) is 16.7 Å². The Kier molecular flexibility index (Phi) is 2.67. The quantitative estimate of drug-likeness (QED) is 0.649. The molecule has 110 valence electrons. The topological polar surface area (TPSA) is 0 Å². The Morgan fingerprint density at radius 2 is 2.00 bits per heavy atom. The molecule has 5 aliphatic carbocycles. The summed E-state index contributed by atoms with van der Waals surface area (Å²) in [5.41, 5.74) is 6.39. The van der Waals surface area contributed by atoms with Crippen LogP contribution in [0.15, 0.2) is 83.1 Å². The van der Waals surface area contributed by atoms with Crippen molar-refractivity contribution in [2.45, 2.75) is 12.8 Å². The molecule has 1 heteroatoms. The van der Waals surface area contributed by atoms with Gasteiger partial charge in [0.25, 0.3) is 0 Å². The summed E-state index contributed by atoms with van der Waals surface area (Å²) in [6, 6.07) is 0. The van der Waals surface area contributed by atoms with E-state index in [0.717, 1.165) is 5.75 Å². The lowest BCUT2D eigenvalue weighted by Gasteiger charge is -2.49. The molecule has 5 aliphatic rings. The molecule has 0 aliphatic heterocycles. The fourth-order valence-corrected chi connectivity index (χ4v) is 5.48. The molecule has 0 radical (unpaired) electrons. The zero-order valence-corrected chi connectivity index (χ0v) is 13.5. The van der Waals surface area contributed by atoms with Crippen molar-refractivity contribution >= 4 is 12.6 Å². The van der Waals surface area contributed by atoms with E-state index in [9.17, 15) is 0 Å². The Balaban J connectivity index is 1.80. The highest BCUT2D eigenvalue weighted by Crippen LogP contribution is 2.61. The van der Waals surface area contributed by atoms with Crippen LogP contribution in [0.1, 0.15) is 12.8 Å². The van der Waals surface area contributed by atoms with E-state index in [0.29, 0.717) is 17.8 Å². The van der Waals surface area contributed by atoms with Crippen LogP contribution in [-0.2, 0) is 0 Å². The van der Waals surface area contributed by atoms with Gasteiger partial charge in [0, 0.05) is 23.0 Å². The maximum atomic E-state index is 4.54. The van der Waals surface area contributed by atoms with Gasteiger partial charge in [-0.05, 0) is 29.9 Å². The van der Waals surface area contributed by atoms with Gasteiger partial charge in [0.2, 0.25) is 0 Å². The molecule has 0 N–H and O–H groups in total. The van der Waals surface area contributed by atoms with Crippen molar-refractivity contribution < 1.29 is 0 Å². The van der Waals surface area contributed by atoms with Crippen LogP contribution in [0, 0.1) is 23.2 Å². The molecule has 0 bridgehead atoms. The van der Waals surface area contributed by atoms with Crippen LogP contribution in [0.3, 0.4) is 0 Å². The number of allylic oxidation sites excluding steroid dienone is 13. The minimum absolute atomic E-state index is 0.0646. The summed E-state index contributed by atoms with van der Waals surface area (Å²) in [7, 11) is 0. The van der Waals surface area contributed by atoms with Gasteiger partial charge in [-0.2, -0.15) is 12.6 Å². The molecule has 22 heavy (non-hydrogen) atoms. The second-order valence-electron chi connectivity index (χ2n) is 7.04. The standard InChI is InChI=1S/C21H20S/c22-13-14-11-15-7-8-16-18-5-1-3-9-21(18)10-4-2-6-19(21)17(12-14)20(15)16/h1-6,9-12,15,19-20,22H,7-8,13H2. The highest BCUT2D eigenvalue weighted by atomic mass is 32.1. The molecular weight excluding hydrogens is 284 g/mol. The first-order chi connectivity index (χ1) is 10.8. The second-order valence-corrected chi connectivity index (χ2v) is 7.35. The third kappa shape index (κ3) is 1.50. The van der Waals surface area contributed by atoms with E-state index >= 15 is 0 Å². The molecular formula is C21H20S. The van der Waals surface area contributed by atoms with E-state index < -0.39 is 0 Å². The number of rotatable bonds is 1. The normalized spacial score (nSPS) is 40.1. The van der Waals surface area contributed by atoms with Gasteiger partial charge in [-0.1, -0.05) is 71.9 Å². The van der Waals surface area contributed by atoms with Gasteiger partial charge in [-0.15, -0.1) is 0 Å². The first-order valence-electron chi connectivity index (χ1n) is 8.32. The third-order valence-corrected chi connectivity index (χ3v) is 6.46. The van der Waals surface area contributed by atoms with Crippen LogP contribution in [0.5, 0.6) is 0 Å². The average molecular weight is 304 g/mol. The Hall–Kier alpha value is -1.47. The van der Waals surface area contributed by atoms with Crippen molar-refractivity contribution in [3.05, 3.63) is 83.1 Å². The Morgan fingerprint density at radius 3 is 2.86 bits per heavy atom. The fourth-order valence-electron chi connectivity index (χ4n) is 5.28. The molecule has 0 aromatic heterocycles. The van der Waals surface area contributed by atoms with E-state index in [2.05, 4.69) is 73.4 Å². The maximum Gasteiger partial charge on any atom is 0.0418 e. The van der Waals surface area contributed by atoms with Gasteiger partial charge < -0.3 is 0 Å². The average Bonchev–Trinajstić information content (AvgIpc) is 2.99. The first kappa shape index (κ1) is 13.0. The zero-order chi connectivity index (χ0) is 14.7. The Morgan fingerprint density at radius 1 is 1.14 bits per heavy atom. The van der Waals surface area contributed by atoms with Gasteiger partial charge in [0.05, 0.1) is 0 Å². The van der Waals surface area contributed by atoms with Gasteiger partial charge in [-0.25, -0.2) is 0 Å². The summed E-state index contributed by atoms with van der Waals surface area (Å²) in [5.74, 6) is 2.67. The van der Waals surface area contributed by atoms with Crippen LogP contribution >= 0.6 is 12.6 Å². The van der Waals surface area contributed by atoms with Gasteiger partial charge in [0.15, 0.2) is 0 Å². The maximum absolute atomic E-state index is 4.54. The zero-order valence-electron chi connectivity index (χ0n) is 12.6. The van der Waals surface area contributed by atoms with Crippen molar-refractivity contribution in [3.63, 3.8) is 0 Å². The summed E-state index contributed by atoms with van der Waals surface area (Å²) >= 11 is 4.54. The van der Waals surface area contributed by atoms with Crippen molar-refractivity contribution in [2.24, 2.45) is 23.2 Å². The van der Waals surface area contributed by atoms with Crippen LogP contribution in [0.2, 0.25) is 0 Å². The lowest BCUT2D eigenvalue weighted by molar-refractivity contribution is 0.384. The smallest absolute Gasteiger partial charge is 0.0418 e. The first-order valence-corrected chi connectivity index (χ1v) is 8.95.